The number of piperidine rings is 1. The molecule has 1 fully saturated rings. The Labute approximate surface area is 190 Å². The first-order valence-corrected chi connectivity index (χ1v) is 11.5. The fraction of sp³-hybridized carbons (Fsp3) is 0.350. The summed E-state index contributed by atoms with van der Waals surface area (Å²) in [7, 11) is -3.91. The molecule has 2 aromatic rings. The summed E-state index contributed by atoms with van der Waals surface area (Å²) in [6, 6.07) is 11.3. The van der Waals surface area contributed by atoms with Crippen LogP contribution in [0.2, 0.25) is 0 Å². The number of nitrogens with two attached hydrogens (primary N) is 2. The molecule has 1 heterocycles. The van der Waals surface area contributed by atoms with E-state index in [9.17, 15) is 18.0 Å². The summed E-state index contributed by atoms with van der Waals surface area (Å²) in [5.41, 5.74) is 10.2. The second-order valence-corrected chi connectivity index (χ2v) is 9.00. The van der Waals surface area contributed by atoms with Crippen LogP contribution in [0.25, 0.3) is 10.8 Å². The molecule has 2 aromatic carbocycles. The monoisotopic (exact) mass is 468 g/mol. The molecule has 0 aliphatic carbocycles. The minimum atomic E-state index is -3.91. The van der Waals surface area contributed by atoms with E-state index in [0.717, 1.165) is 10.8 Å². The van der Waals surface area contributed by atoms with Crippen LogP contribution in [-0.4, -0.2) is 63.4 Å². The van der Waals surface area contributed by atoms with Crippen molar-refractivity contribution in [3.05, 3.63) is 42.5 Å². The van der Waals surface area contributed by atoms with Crippen molar-refractivity contribution in [3.63, 3.8) is 0 Å². The third-order valence-corrected chi connectivity index (χ3v) is 6.35. The van der Waals surface area contributed by atoms with Gasteiger partial charge in [0.05, 0.1) is 18.0 Å². The van der Waals surface area contributed by atoms with E-state index in [0.29, 0.717) is 19.4 Å². The third kappa shape index (κ3) is 6.08. The highest BCUT2D eigenvalue weighted by Gasteiger charge is 2.33. The minimum absolute atomic E-state index is 0. The number of carbonyl (C=O) groups is 2. The SMILES string of the molecule is NC(N)=NOCCNC(=O)CN1CCC[C@H](NS(=O)(=O)c2ccc3ccccc3c2)C1=O.[HH].[HH].[HH]. The standard InChI is InChI=1S/C20H26N6O5S.3H2/c21-20(22)24-31-11-9-23-18(27)13-26-10-3-6-17(19(26)28)25-32(29,30)16-8-7-14-4-1-2-5-15(14)12-16;;;/h1-2,4-5,7-8,12,17,25H,3,6,9-11,13H2,(H,23,27)(H4,21,22,24);3*1H/t17-;;;/m0.../s1. The zero-order chi connectivity index (χ0) is 23.1. The van der Waals surface area contributed by atoms with Gasteiger partial charge in [0, 0.05) is 10.8 Å². The van der Waals surface area contributed by atoms with Gasteiger partial charge in [-0.25, -0.2) is 8.42 Å². The van der Waals surface area contributed by atoms with E-state index in [1.807, 2.05) is 24.3 Å². The number of hydrogen-bond donors (Lipinski definition) is 4. The maximum absolute atomic E-state index is 12.9. The van der Waals surface area contributed by atoms with Crippen molar-refractivity contribution in [1.29, 1.82) is 0 Å². The second-order valence-electron chi connectivity index (χ2n) is 7.28. The number of guanidine groups is 1. The van der Waals surface area contributed by atoms with Crippen LogP contribution in [0.5, 0.6) is 0 Å². The number of amides is 2. The average molecular weight is 469 g/mol. The van der Waals surface area contributed by atoms with Gasteiger partial charge < -0.3 is 26.5 Å². The molecule has 11 nitrogen and oxygen atoms in total. The quantitative estimate of drug-likeness (QED) is 0.176. The minimum Gasteiger partial charge on any atom is -0.391 e. The lowest BCUT2D eigenvalue weighted by Gasteiger charge is -2.32. The number of nitrogens with one attached hydrogen (secondary N) is 2. The molecule has 0 saturated carbocycles. The summed E-state index contributed by atoms with van der Waals surface area (Å²) in [6.45, 7) is 0.391. The molecule has 0 unspecified atom stereocenters. The lowest BCUT2D eigenvalue weighted by Crippen LogP contribution is -2.54. The van der Waals surface area contributed by atoms with Gasteiger partial charge in [-0.05, 0) is 40.9 Å². The molecule has 0 spiro atoms. The Balaban J connectivity index is 0.00000385. The zero-order valence-electron chi connectivity index (χ0n) is 17.4. The molecule has 0 aromatic heterocycles. The van der Waals surface area contributed by atoms with Crippen molar-refractivity contribution >= 4 is 38.6 Å². The van der Waals surface area contributed by atoms with Gasteiger partial charge in [-0.15, -0.1) is 0 Å². The number of nitrogens with zero attached hydrogens (tertiary/aromatic N) is 2. The van der Waals surface area contributed by atoms with Gasteiger partial charge in [0.1, 0.15) is 12.6 Å². The van der Waals surface area contributed by atoms with E-state index < -0.39 is 27.9 Å². The predicted octanol–water partition coefficient (Wildman–Crippen LogP) is 0.168. The Kier molecular flexibility index (Phi) is 7.49. The average Bonchev–Trinajstić information content (AvgIpc) is 2.75. The highest BCUT2D eigenvalue weighted by molar-refractivity contribution is 7.89. The molecule has 1 atom stereocenters. The van der Waals surface area contributed by atoms with Crippen LogP contribution in [0.1, 0.15) is 17.1 Å². The van der Waals surface area contributed by atoms with Crippen LogP contribution in [0.15, 0.2) is 52.5 Å². The first-order chi connectivity index (χ1) is 15.3. The van der Waals surface area contributed by atoms with Crippen LogP contribution in [0.4, 0.5) is 0 Å². The molecule has 1 aliphatic heterocycles. The molecule has 0 radical (unpaired) electrons. The molecule has 32 heavy (non-hydrogen) atoms. The number of rotatable bonds is 9. The van der Waals surface area contributed by atoms with E-state index in [1.165, 1.54) is 11.0 Å². The van der Waals surface area contributed by atoms with Crippen LogP contribution >= 0.6 is 0 Å². The van der Waals surface area contributed by atoms with Gasteiger partial charge in [-0.2, -0.15) is 4.72 Å². The predicted molar refractivity (Wildman–Crippen MR) is 125 cm³/mol. The molecule has 178 valence electrons. The summed E-state index contributed by atoms with van der Waals surface area (Å²) in [5.74, 6) is -1.07. The van der Waals surface area contributed by atoms with Gasteiger partial charge in [-0.1, -0.05) is 30.3 Å². The number of sulfonamides is 1. The van der Waals surface area contributed by atoms with E-state index in [1.54, 1.807) is 12.1 Å². The van der Waals surface area contributed by atoms with Crippen molar-refractivity contribution in [2.75, 3.05) is 26.2 Å². The van der Waals surface area contributed by atoms with Crippen molar-refractivity contribution in [2.24, 2.45) is 16.6 Å². The maximum atomic E-state index is 12.9. The van der Waals surface area contributed by atoms with Crippen LogP contribution in [0, 0.1) is 0 Å². The lowest BCUT2D eigenvalue weighted by molar-refractivity contribution is -0.139. The van der Waals surface area contributed by atoms with Gasteiger partial charge >= 0.3 is 0 Å². The Hall–Kier alpha value is -3.38. The molecule has 0 bridgehead atoms. The highest BCUT2D eigenvalue weighted by Crippen LogP contribution is 2.20. The molecule has 3 rings (SSSR count). The fourth-order valence-corrected chi connectivity index (χ4v) is 4.64. The molecular formula is C20H32N6O5S. The van der Waals surface area contributed by atoms with Crippen molar-refractivity contribution < 1.29 is 27.1 Å². The maximum Gasteiger partial charge on any atom is 0.241 e. The summed E-state index contributed by atoms with van der Waals surface area (Å²) in [6.07, 6.45) is 0.924. The van der Waals surface area contributed by atoms with E-state index in [-0.39, 0.29) is 34.8 Å². The Bertz CT molecular complexity index is 1130. The number of oxime groups is 1. The Morgan fingerprint density at radius 3 is 2.72 bits per heavy atom. The summed E-state index contributed by atoms with van der Waals surface area (Å²) >= 11 is 0. The molecule has 6 N–H and O–H groups in total. The molecule has 2 amide bonds. The summed E-state index contributed by atoms with van der Waals surface area (Å²) in [5, 5.41) is 7.61. The lowest BCUT2D eigenvalue weighted by atomic mass is 10.1. The Morgan fingerprint density at radius 1 is 1.22 bits per heavy atom. The normalized spacial score (nSPS) is 16.6. The summed E-state index contributed by atoms with van der Waals surface area (Å²) in [4.78, 5) is 31.1. The number of likely N-dealkylation sites (tertiary alicyclic amines) is 1. The first kappa shape index (κ1) is 23.3. The Morgan fingerprint density at radius 2 is 1.97 bits per heavy atom. The van der Waals surface area contributed by atoms with E-state index in [4.69, 9.17) is 16.3 Å². The van der Waals surface area contributed by atoms with Gasteiger partial charge in [-0.3, -0.25) is 9.59 Å². The smallest absolute Gasteiger partial charge is 0.241 e. The fourth-order valence-electron chi connectivity index (χ4n) is 3.38. The van der Waals surface area contributed by atoms with Crippen molar-refractivity contribution in [1.82, 2.24) is 14.9 Å². The number of hydrogen-bond acceptors (Lipinski definition) is 6. The number of benzene rings is 2. The van der Waals surface area contributed by atoms with Crippen molar-refractivity contribution in [2.45, 2.75) is 23.8 Å². The third-order valence-electron chi connectivity index (χ3n) is 4.88. The summed E-state index contributed by atoms with van der Waals surface area (Å²) < 4.78 is 28.2. The van der Waals surface area contributed by atoms with Gasteiger partial charge in [0.2, 0.25) is 27.8 Å². The number of fused-ring (bicyclic) bond motifs is 1. The molecule has 12 heteroatoms. The molecular weight excluding hydrogens is 436 g/mol. The first-order valence-electron chi connectivity index (χ1n) is 10.0. The van der Waals surface area contributed by atoms with Crippen LogP contribution in [-0.2, 0) is 24.4 Å². The number of carbonyl (C=O) groups excluding carboxylic acids is 2. The van der Waals surface area contributed by atoms with Crippen LogP contribution < -0.4 is 21.5 Å². The van der Waals surface area contributed by atoms with Gasteiger partial charge in [0.15, 0.2) is 0 Å². The van der Waals surface area contributed by atoms with E-state index >= 15 is 0 Å². The molecule has 1 saturated heterocycles. The largest absolute Gasteiger partial charge is 0.391 e. The molecule has 1 aliphatic rings. The van der Waals surface area contributed by atoms with Crippen molar-refractivity contribution in [3.8, 4) is 0 Å². The zero-order valence-corrected chi connectivity index (χ0v) is 18.2. The van der Waals surface area contributed by atoms with Gasteiger partial charge in [0.25, 0.3) is 0 Å². The highest BCUT2D eigenvalue weighted by atomic mass is 32.2. The second kappa shape index (κ2) is 10.3. The topological polar surface area (TPSA) is 169 Å². The van der Waals surface area contributed by atoms with E-state index in [2.05, 4.69) is 15.2 Å². The van der Waals surface area contributed by atoms with Crippen LogP contribution in [0.3, 0.4) is 0 Å².